The average Bonchev–Trinajstić information content (AvgIpc) is 2.71. The van der Waals surface area contributed by atoms with E-state index in [1.807, 2.05) is 60.7 Å². The highest BCUT2D eigenvalue weighted by Gasteiger charge is 2.46. The molecule has 0 radical (unpaired) electrons. The summed E-state index contributed by atoms with van der Waals surface area (Å²) in [5.41, 5.74) is 2.02. The number of ether oxygens (including phenoxy) is 1. The van der Waals surface area contributed by atoms with Crippen molar-refractivity contribution < 1.29 is 18.7 Å². The fraction of sp³-hybridized carbons (Fsp3) is 0.238. The van der Waals surface area contributed by atoms with Gasteiger partial charge in [0.15, 0.2) is 6.10 Å². The van der Waals surface area contributed by atoms with Gasteiger partial charge in [-0.3, -0.25) is 9.69 Å². The summed E-state index contributed by atoms with van der Waals surface area (Å²) in [6.45, 7) is -0.769. The third-order valence-corrected chi connectivity index (χ3v) is 5.99. The number of carbonyl (C=O) groups is 2. The molecule has 0 unspecified atom stereocenters. The summed E-state index contributed by atoms with van der Waals surface area (Å²) in [6.07, 6.45) is -0.250. The van der Waals surface area contributed by atoms with Gasteiger partial charge in [-0.05, 0) is 11.1 Å². The molecule has 4 nitrogen and oxygen atoms in total. The number of alkyl halides is 1. The lowest BCUT2D eigenvalue weighted by Crippen LogP contribution is -2.54. The average molecular weight is 383 g/mol. The minimum Gasteiger partial charge on any atom is -0.448 e. The first kappa shape index (κ1) is 17.8. The predicted molar refractivity (Wildman–Crippen MR) is 102 cm³/mol. The fourth-order valence-corrected chi connectivity index (χ4v) is 4.56. The second-order valence-corrected chi connectivity index (χ2v) is 7.59. The van der Waals surface area contributed by atoms with Crippen molar-refractivity contribution >= 4 is 23.6 Å². The molecule has 0 aliphatic carbocycles. The molecule has 27 heavy (non-hydrogen) atoms. The number of carbonyl (C=O) groups excluding carboxylic acids is 2. The zero-order valence-electron chi connectivity index (χ0n) is 14.5. The van der Waals surface area contributed by atoms with Gasteiger partial charge >= 0.3 is 5.97 Å². The van der Waals surface area contributed by atoms with Gasteiger partial charge < -0.3 is 4.74 Å². The molecular formula is C21H18FNO3S. The first-order chi connectivity index (χ1) is 13.2. The van der Waals surface area contributed by atoms with Gasteiger partial charge in [0.25, 0.3) is 0 Å². The second kappa shape index (κ2) is 7.56. The van der Waals surface area contributed by atoms with Gasteiger partial charge in [0.2, 0.25) is 5.91 Å². The van der Waals surface area contributed by atoms with Crippen LogP contribution in [0.1, 0.15) is 23.7 Å². The Morgan fingerprint density at radius 3 is 2.22 bits per heavy atom. The van der Waals surface area contributed by atoms with E-state index in [0.29, 0.717) is 17.7 Å². The van der Waals surface area contributed by atoms with Crippen LogP contribution in [0.4, 0.5) is 4.39 Å². The maximum atomic E-state index is 13.5. The van der Waals surface area contributed by atoms with E-state index in [2.05, 4.69) is 0 Å². The molecule has 2 aliphatic heterocycles. The number of rotatable bonds is 5. The highest BCUT2D eigenvalue weighted by atomic mass is 32.2. The summed E-state index contributed by atoms with van der Waals surface area (Å²) in [7, 11) is 0. The molecule has 2 aromatic rings. The minimum absolute atomic E-state index is 0.0781. The Morgan fingerprint density at radius 2 is 1.70 bits per heavy atom. The van der Waals surface area contributed by atoms with Crippen LogP contribution in [0, 0.1) is 0 Å². The Balaban J connectivity index is 1.67. The van der Waals surface area contributed by atoms with Gasteiger partial charge in [-0.2, -0.15) is 0 Å². The summed E-state index contributed by atoms with van der Waals surface area (Å²) in [6, 6.07) is 18.8. The van der Waals surface area contributed by atoms with Crippen LogP contribution >= 0.6 is 11.8 Å². The molecule has 1 fully saturated rings. The van der Waals surface area contributed by atoms with Crippen LogP contribution in [0.5, 0.6) is 0 Å². The second-order valence-electron chi connectivity index (χ2n) is 6.43. The quantitative estimate of drug-likeness (QED) is 0.581. The van der Waals surface area contributed by atoms with Crippen molar-refractivity contribution in [2.45, 2.75) is 17.9 Å². The molecule has 2 aromatic carbocycles. The Morgan fingerprint density at radius 1 is 1.11 bits per heavy atom. The molecule has 1 atom stereocenters. The molecule has 2 aliphatic rings. The number of fused-ring (bicyclic) bond motifs is 1. The normalized spacial score (nSPS) is 19.0. The standard InChI is InChI=1S/C21H18FNO3S/c22-12-16-13-27-18-11-17(24)23(18)19(16)21(25)26-20(14-7-3-1-4-8-14)15-9-5-2-6-10-15/h1-10,18,20H,11-13H2/t18-/m1/s1. The number of hydrogen-bond acceptors (Lipinski definition) is 4. The van der Waals surface area contributed by atoms with Crippen molar-refractivity contribution in [1.29, 1.82) is 0 Å². The molecule has 0 bridgehead atoms. The van der Waals surface area contributed by atoms with Crippen LogP contribution in [0.15, 0.2) is 71.9 Å². The van der Waals surface area contributed by atoms with Crippen molar-refractivity contribution in [2.24, 2.45) is 0 Å². The SMILES string of the molecule is O=C(OC(c1ccccc1)c1ccccc1)C1=C(CF)CS[C@@H]2CC(=O)N12. The summed E-state index contributed by atoms with van der Waals surface area (Å²) in [4.78, 5) is 26.4. The summed E-state index contributed by atoms with van der Waals surface area (Å²) >= 11 is 1.48. The van der Waals surface area contributed by atoms with E-state index in [1.165, 1.54) is 16.7 Å². The van der Waals surface area contributed by atoms with Crippen molar-refractivity contribution in [1.82, 2.24) is 4.90 Å². The highest BCUT2D eigenvalue weighted by Crippen LogP contribution is 2.41. The number of amides is 1. The number of thioether (sulfide) groups is 1. The van der Waals surface area contributed by atoms with E-state index in [4.69, 9.17) is 4.74 Å². The van der Waals surface area contributed by atoms with Gasteiger partial charge in [-0.15, -0.1) is 11.8 Å². The Bertz CT molecular complexity index is 845. The first-order valence-corrected chi connectivity index (χ1v) is 9.76. The first-order valence-electron chi connectivity index (χ1n) is 8.71. The molecule has 1 amide bonds. The smallest absolute Gasteiger partial charge is 0.356 e. The Labute approximate surface area is 161 Å². The third kappa shape index (κ3) is 3.37. The molecule has 0 N–H and O–H groups in total. The minimum atomic E-state index is -0.769. The number of hydrogen-bond donors (Lipinski definition) is 0. The Kier molecular flexibility index (Phi) is 4.99. The van der Waals surface area contributed by atoms with Crippen LogP contribution < -0.4 is 0 Å². The summed E-state index contributed by atoms with van der Waals surface area (Å²) < 4.78 is 19.3. The predicted octanol–water partition coefficient (Wildman–Crippen LogP) is 3.85. The van der Waals surface area contributed by atoms with E-state index >= 15 is 0 Å². The zero-order chi connectivity index (χ0) is 18.8. The third-order valence-electron chi connectivity index (χ3n) is 4.72. The maximum Gasteiger partial charge on any atom is 0.356 e. The largest absolute Gasteiger partial charge is 0.448 e. The van der Waals surface area contributed by atoms with E-state index in [9.17, 15) is 14.0 Å². The van der Waals surface area contributed by atoms with Crippen molar-refractivity contribution in [3.63, 3.8) is 0 Å². The molecule has 2 heterocycles. The number of benzene rings is 2. The molecule has 138 valence electrons. The van der Waals surface area contributed by atoms with Crippen LogP contribution in [0.2, 0.25) is 0 Å². The highest BCUT2D eigenvalue weighted by molar-refractivity contribution is 8.00. The van der Waals surface area contributed by atoms with Gasteiger partial charge in [-0.25, -0.2) is 9.18 Å². The maximum absolute atomic E-state index is 13.5. The topological polar surface area (TPSA) is 46.6 Å². The van der Waals surface area contributed by atoms with Crippen molar-refractivity contribution in [2.75, 3.05) is 12.4 Å². The molecule has 0 spiro atoms. The zero-order valence-corrected chi connectivity index (χ0v) is 15.3. The molecule has 6 heteroatoms. The van der Waals surface area contributed by atoms with Crippen molar-refractivity contribution in [3.8, 4) is 0 Å². The van der Waals surface area contributed by atoms with Crippen LogP contribution in [-0.2, 0) is 14.3 Å². The van der Waals surface area contributed by atoms with Crippen LogP contribution in [0.25, 0.3) is 0 Å². The van der Waals surface area contributed by atoms with E-state index < -0.39 is 18.7 Å². The van der Waals surface area contributed by atoms with Crippen molar-refractivity contribution in [3.05, 3.63) is 83.1 Å². The molecule has 0 aromatic heterocycles. The van der Waals surface area contributed by atoms with Gasteiger partial charge in [0.1, 0.15) is 12.4 Å². The number of halogens is 1. The Hall–Kier alpha value is -2.60. The molecule has 1 saturated heterocycles. The monoisotopic (exact) mass is 383 g/mol. The number of β-lactam (4-membered cyclic amide) rings is 1. The van der Waals surface area contributed by atoms with E-state index in [1.54, 1.807) is 0 Å². The summed E-state index contributed by atoms with van der Waals surface area (Å²) in [5, 5.41) is -0.0951. The number of esters is 1. The van der Waals surface area contributed by atoms with E-state index in [-0.39, 0.29) is 17.0 Å². The van der Waals surface area contributed by atoms with Gasteiger partial charge in [0.05, 0.1) is 11.8 Å². The van der Waals surface area contributed by atoms with Gasteiger partial charge in [0, 0.05) is 11.3 Å². The van der Waals surface area contributed by atoms with Gasteiger partial charge in [-0.1, -0.05) is 60.7 Å². The van der Waals surface area contributed by atoms with Crippen LogP contribution in [0.3, 0.4) is 0 Å². The molecular weight excluding hydrogens is 365 g/mol. The molecule has 4 rings (SSSR count). The fourth-order valence-electron chi connectivity index (χ4n) is 3.32. The number of nitrogens with zero attached hydrogens (tertiary/aromatic N) is 1. The summed E-state index contributed by atoms with van der Waals surface area (Å²) in [5.74, 6) is -0.420. The lowest BCUT2D eigenvalue weighted by atomic mass is 10.0. The lowest BCUT2D eigenvalue weighted by Gasteiger charge is -2.44. The van der Waals surface area contributed by atoms with E-state index in [0.717, 1.165) is 11.1 Å². The van der Waals surface area contributed by atoms with Crippen LogP contribution in [-0.4, -0.2) is 34.6 Å². The molecule has 0 saturated carbocycles. The lowest BCUT2D eigenvalue weighted by molar-refractivity contribution is -0.151.